The highest BCUT2D eigenvalue weighted by atomic mass is 16.1. The third kappa shape index (κ3) is 2.94. The van der Waals surface area contributed by atoms with Crippen LogP contribution in [0.2, 0.25) is 0 Å². The van der Waals surface area contributed by atoms with Gasteiger partial charge in [-0.05, 0) is 37.5 Å². The summed E-state index contributed by atoms with van der Waals surface area (Å²) < 4.78 is 0. The molecule has 0 saturated heterocycles. The van der Waals surface area contributed by atoms with Crippen molar-refractivity contribution in [2.75, 3.05) is 0 Å². The SMILES string of the molecule is C=C(C)C(=O)NCc1c(C)cccc1C. The van der Waals surface area contributed by atoms with Crippen molar-refractivity contribution in [1.29, 1.82) is 0 Å². The minimum Gasteiger partial charge on any atom is -0.348 e. The van der Waals surface area contributed by atoms with Crippen molar-refractivity contribution in [1.82, 2.24) is 5.32 Å². The summed E-state index contributed by atoms with van der Waals surface area (Å²) in [5.41, 5.74) is 4.14. The summed E-state index contributed by atoms with van der Waals surface area (Å²) in [6.07, 6.45) is 0. The average Bonchev–Trinajstić information content (AvgIpc) is 2.16. The van der Waals surface area contributed by atoms with E-state index in [-0.39, 0.29) is 5.91 Å². The van der Waals surface area contributed by atoms with Gasteiger partial charge in [-0.2, -0.15) is 0 Å². The number of amides is 1. The van der Waals surface area contributed by atoms with E-state index in [1.165, 1.54) is 16.7 Å². The van der Waals surface area contributed by atoms with Gasteiger partial charge in [-0.15, -0.1) is 0 Å². The van der Waals surface area contributed by atoms with Crippen molar-refractivity contribution in [2.45, 2.75) is 27.3 Å². The average molecular weight is 203 g/mol. The Morgan fingerprint density at radius 1 is 1.33 bits per heavy atom. The molecule has 2 nitrogen and oxygen atoms in total. The molecule has 0 saturated carbocycles. The zero-order valence-corrected chi connectivity index (χ0v) is 9.55. The van der Waals surface area contributed by atoms with Crippen molar-refractivity contribution in [3.63, 3.8) is 0 Å². The van der Waals surface area contributed by atoms with E-state index in [0.29, 0.717) is 12.1 Å². The molecule has 15 heavy (non-hydrogen) atoms. The van der Waals surface area contributed by atoms with Gasteiger partial charge in [0.1, 0.15) is 0 Å². The molecule has 0 atom stereocenters. The number of hydrogen-bond acceptors (Lipinski definition) is 1. The van der Waals surface area contributed by atoms with Gasteiger partial charge >= 0.3 is 0 Å². The Balaban J connectivity index is 2.73. The fourth-order valence-electron chi connectivity index (χ4n) is 1.45. The van der Waals surface area contributed by atoms with E-state index in [2.05, 4.69) is 37.9 Å². The second-order valence-electron chi connectivity index (χ2n) is 3.83. The van der Waals surface area contributed by atoms with Gasteiger partial charge in [-0.1, -0.05) is 24.8 Å². The van der Waals surface area contributed by atoms with Crippen LogP contribution in [-0.4, -0.2) is 5.91 Å². The van der Waals surface area contributed by atoms with Gasteiger partial charge < -0.3 is 5.32 Å². The Morgan fingerprint density at radius 3 is 2.33 bits per heavy atom. The molecule has 0 spiro atoms. The van der Waals surface area contributed by atoms with Crippen LogP contribution in [0, 0.1) is 13.8 Å². The third-order valence-electron chi connectivity index (χ3n) is 2.46. The predicted molar refractivity (Wildman–Crippen MR) is 62.6 cm³/mol. The van der Waals surface area contributed by atoms with Crippen LogP contribution in [0.4, 0.5) is 0 Å². The van der Waals surface area contributed by atoms with Gasteiger partial charge in [-0.25, -0.2) is 0 Å². The van der Waals surface area contributed by atoms with Crippen LogP contribution in [0.15, 0.2) is 30.4 Å². The van der Waals surface area contributed by atoms with Crippen LogP contribution < -0.4 is 5.32 Å². The van der Waals surface area contributed by atoms with Gasteiger partial charge in [0.25, 0.3) is 0 Å². The predicted octanol–water partition coefficient (Wildman–Crippen LogP) is 2.50. The number of aryl methyl sites for hydroxylation is 2. The first-order chi connectivity index (χ1) is 7.02. The highest BCUT2D eigenvalue weighted by molar-refractivity contribution is 5.92. The largest absolute Gasteiger partial charge is 0.348 e. The summed E-state index contributed by atoms with van der Waals surface area (Å²) in [5, 5.41) is 2.84. The van der Waals surface area contributed by atoms with Gasteiger partial charge in [0.2, 0.25) is 5.91 Å². The first-order valence-electron chi connectivity index (χ1n) is 5.01. The van der Waals surface area contributed by atoms with Crippen LogP contribution >= 0.6 is 0 Å². The summed E-state index contributed by atoms with van der Waals surface area (Å²) in [7, 11) is 0. The smallest absolute Gasteiger partial charge is 0.246 e. The van der Waals surface area contributed by atoms with Crippen LogP contribution in [0.25, 0.3) is 0 Å². The molecule has 0 aliphatic heterocycles. The quantitative estimate of drug-likeness (QED) is 0.751. The Labute approximate surface area is 91.0 Å². The van der Waals surface area contributed by atoms with Crippen LogP contribution in [0.3, 0.4) is 0 Å². The van der Waals surface area contributed by atoms with Crippen LogP contribution in [0.1, 0.15) is 23.6 Å². The Hall–Kier alpha value is -1.57. The molecule has 0 unspecified atom stereocenters. The maximum Gasteiger partial charge on any atom is 0.246 e. The molecule has 2 heteroatoms. The maximum atomic E-state index is 11.3. The second-order valence-corrected chi connectivity index (χ2v) is 3.83. The van der Waals surface area contributed by atoms with Gasteiger partial charge in [0.15, 0.2) is 0 Å². The molecular weight excluding hydrogens is 186 g/mol. The summed E-state index contributed by atoms with van der Waals surface area (Å²) in [5.74, 6) is -0.0855. The van der Waals surface area contributed by atoms with Crippen LogP contribution in [-0.2, 0) is 11.3 Å². The lowest BCUT2D eigenvalue weighted by Crippen LogP contribution is -2.23. The van der Waals surface area contributed by atoms with Crippen molar-refractivity contribution in [2.24, 2.45) is 0 Å². The highest BCUT2D eigenvalue weighted by Crippen LogP contribution is 2.12. The number of carbonyl (C=O) groups excluding carboxylic acids is 1. The highest BCUT2D eigenvalue weighted by Gasteiger charge is 2.04. The molecule has 1 aromatic rings. The molecule has 0 aromatic heterocycles. The number of hydrogen-bond donors (Lipinski definition) is 1. The molecule has 80 valence electrons. The van der Waals surface area contributed by atoms with Crippen molar-refractivity contribution in [3.8, 4) is 0 Å². The molecular formula is C13H17NO. The zero-order valence-electron chi connectivity index (χ0n) is 9.55. The Kier molecular flexibility index (Phi) is 3.67. The van der Waals surface area contributed by atoms with E-state index in [4.69, 9.17) is 0 Å². The monoisotopic (exact) mass is 203 g/mol. The third-order valence-corrected chi connectivity index (χ3v) is 2.46. The van der Waals surface area contributed by atoms with E-state index in [9.17, 15) is 4.79 Å². The number of benzene rings is 1. The van der Waals surface area contributed by atoms with Crippen molar-refractivity contribution >= 4 is 5.91 Å². The van der Waals surface area contributed by atoms with E-state index in [1.54, 1.807) is 6.92 Å². The molecule has 0 bridgehead atoms. The number of rotatable bonds is 3. The molecule has 0 fully saturated rings. The summed E-state index contributed by atoms with van der Waals surface area (Å²) in [6.45, 7) is 9.98. The van der Waals surface area contributed by atoms with Gasteiger partial charge in [0, 0.05) is 12.1 Å². The van der Waals surface area contributed by atoms with E-state index < -0.39 is 0 Å². The van der Waals surface area contributed by atoms with E-state index >= 15 is 0 Å². The molecule has 1 N–H and O–H groups in total. The Morgan fingerprint density at radius 2 is 1.87 bits per heavy atom. The fraction of sp³-hybridized carbons (Fsp3) is 0.308. The second kappa shape index (κ2) is 4.78. The zero-order chi connectivity index (χ0) is 11.4. The van der Waals surface area contributed by atoms with E-state index in [1.807, 2.05) is 6.07 Å². The first-order valence-corrected chi connectivity index (χ1v) is 5.01. The Bertz CT molecular complexity index is 373. The number of nitrogens with one attached hydrogen (secondary N) is 1. The van der Waals surface area contributed by atoms with Gasteiger partial charge in [-0.3, -0.25) is 4.79 Å². The topological polar surface area (TPSA) is 29.1 Å². The molecule has 0 aliphatic carbocycles. The summed E-state index contributed by atoms with van der Waals surface area (Å²) in [6, 6.07) is 6.12. The lowest BCUT2D eigenvalue weighted by Gasteiger charge is -2.10. The standard InChI is InChI=1S/C13H17NO/c1-9(2)13(15)14-8-12-10(3)6-5-7-11(12)4/h5-7H,1,8H2,2-4H3,(H,14,15). The molecule has 0 heterocycles. The molecule has 0 radical (unpaired) electrons. The lowest BCUT2D eigenvalue weighted by molar-refractivity contribution is -0.117. The van der Waals surface area contributed by atoms with Crippen LogP contribution in [0.5, 0.6) is 0 Å². The fourth-order valence-corrected chi connectivity index (χ4v) is 1.45. The molecule has 1 aromatic carbocycles. The lowest BCUT2D eigenvalue weighted by atomic mass is 10.0. The van der Waals surface area contributed by atoms with E-state index in [0.717, 1.165) is 0 Å². The minimum absolute atomic E-state index is 0.0855. The maximum absolute atomic E-state index is 11.3. The first kappa shape index (κ1) is 11.5. The van der Waals surface area contributed by atoms with Crippen molar-refractivity contribution in [3.05, 3.63) is 47.0 Å². The molecule has 0 aliphatic rings. The normalized spacial score (nSPS) is 9.80. The minimum atomic E-state index is -0.0855. The molecule has 1 rings (SSSR count). The van der Waals surface area contributed by atoms with Crippen molar-refractivity contribution < 1.29 is 4.79 Å². The molecule has 1 amide bonds. The van der Waals surface area contributed by atoms with Gasteiger partial charge in [0.05, 0.1) is 0 Å². The summed E-state index contributed by atoms with van der Waals surface area (Å²) >= 11 is 0. The number of carbonyl (C=O) groups is 1. The summed E-state index contributed by atoms with van der Waals surface area (Å²) in [4.78, 5) is 11.3.